The van der Waals surface area contributed by atoms with E-state index in [0.29, 0.717) is 10.6 Å². The molecule has 2 aromatic carbocycles. The van der Waals surface area contributed by atoms with Crippen LogP contribution in [0.25, 0.3) is 10.9 Å². The Labute approximate surface area is 217 Å². The van der Waals surface area contributed by atoms with E-state index in [4.69, 9.17) is 14.7 Å². The molecule has 0 aliphatic carbocycles. The molecule has 1 aliphatic heterocycles. The van der Waals surface area contributed by atoms with Crippen molar-refractivity contribution in [1.29, 1.82) is 0 Å². The number of carbonyl (C=O) groups is 2. The second kappa shape index (κ2) is 10.6. The van der Waals surface area contributed by atoms with E-state index in [1.54, 1.807) is 6.92 Å². The number of halogens is 3. The topological polar surface area (TPSA) is 101 Å². The minimum atomic E-state index is -5.22. The van der Waals surface area contributed by atoms with Gasteiger partial charge in [-0.1, -0.05) is 18.2 Å². The molecule has 11 heteroatoms. The highest BCUT2D eigenvalue weighted by atomic mass is 19.4. The first-order chi connectivity index (χ1) is 17.9. The Hall–Kier alpha value is -3.70. The zero-order valence-electron chi connectivity index (χ0n) is 21.1. The molecule has 1 fully saturated rings. The van der Waals surface area contributed by atoms with Crippen LogP contribution in [-0.4, -0.2) is 45.9 Å². The van der Waals surface area contributed by atoms with Gasteiger partial charge in [0, 0.05) is 28.8 Å². The van der Waals surface area contributed by atoms with Crippen molar-refractivity contribution in [1.82, 2.24) is 10.5 Å². The second-order valence-corrected chi connectivity index (χ2v) is 9.47. The van der Waals surface area contributed by atoms with E-state index in [1.807, 2.05) is 37.3 Å². The number of hydroxylamine groups is 1. The van der Waals surface area contributed by atoms with Gasteiger partial charge in [0.2, 0.25) is 5.91 Å². The Morgan fingerprint density at radius 2 is 1.87 bits per heavy atom. The molecule has 1 aromatic heterocycles. The van der Waals surface area contributed by atoms with Crippen molar-refractivity contribution in [2.75, 3.05) is 4.90 Å². The van der Waals surface area contributed by atoms with Gasteiger partial charge in [0.05, 0.1) is 29.7 Å². The molecule has 0 bridgehead atoms. The van der Waals surface area contributed by atoms with Gasteiger partial charge in [0.1, 0.15) is 12.4 Å². The summed E-state index contributed by atoms with van der Waals surface area (Å²) in [5.74, 6) is -2.70. The van der Waals surface area contributed by atoms with E-state index >= 15 is 0 Å². The summed E-state index contributed by atoms with van der Waals surface area (Å²) in [6.07, 6.45) is -7.31. The largest absolute Gasteiger partial charge is 0.489 e. The number of hydrogen-bond donors (Lipinski definition) is 2. The molecule has 3 unspecified atom stereocenters. The molecular weight excluding hydrogens is 503 g/mol. The number of para-hydroxylation sites is 1. The van der Waals surface area contributed by atoms with E-state index in [1.165, 1.54) is 36.7 Å². The minimum absolute atomic E-state index is 0.0455. The van der Waals surface area contributed by atoms with E-state index in [0.717, 1.165) is 22.2 Å². The molecular formula is C27H28F3N3O5. The lowest BCUT2D eigenvalue weighted by Gasteiger charge is -2.43. The first kappa shape index (κ1) is 27.3. The number of nitrogens with one attached hydrogen (secondary N) is 1. The van der Waals surface area contributed by atoms with E-state index in [2.05, 4.69) is 4.98 Å². The Balaban J connectivity index is 1.66. The second-order valence-electron chi connectivity index (χ2n) is 9.47. The summed E-state index contributed by atoms with van der Waals surface area (Å²) in [4.78, 5) is 30.0. The Morgan fingerprint density at radius 3 is 2.47 bits per heavy atom. The fraction of sp³-hybridized carbons (Fsp3) is 0.370. The summed E-state index contributed by atoms with van der Waals surface area (Å²) in [5.41, 5.74) is 2.22. The fourth-order valence-electron chi connectivity index (χ4n) is 5.14. The standard InChI is InChI=1S/C27H28F3N3O5/c1-16-12-19(22-6-4-5-7-23(22)31-16)15-37-21-10-8-20(9-11-21)33(25(35)27(28,29)30)26(14-24(34)32-36)13-17(2)38-18(26)3/h4-12,17-18,36H,13-15H2,1-3H3,(H,32,34). The average molecular weight is 532 g/mol. The van der Waals surface area contributed by atoms with Crippen LogP contribution < -0.4 is 15.1 Å². The van der Waals surface area contributed by atoms with Crippen LogP contribution >= 0.6 is 0 Å². The van der Waals surface area contributed by atoms with Gasteiger partial charge < -0.3 is 9.47 Å². The lowest BCUT2D eigenvalue weighted by atomic mass is 9.83. The zero-order chi connectivity index (χ0) is 27.7. The van der Waals surface area contributed by atoms with Crippen molar-refractivity contribution in [2.45, 2.75) is 64.1 Å². The van der Waals surface area contributed by atoms with Crippen LogP contribution in [0.3, 0.4) is 0 Å². The monoisotopic (exact) mass is 531 g/mol. The van der Waals surface area contributed by atoms with Gasteiger partial charge >= 0.3 is 12.1 Å². The summed E-state index contributed by atoms with van der Waals surface area (Å²) < 4.78 is 53.0. The van der Waals surface area contributed by atoms with Gasteiger partial charge in [0.25, 0.3) is 0 Å². The third kappa shape index (κ3) is 5.44. The number of aromatic nitrogens is 1. The fourth-order valence-corrected chi connectivity index (χ4v) is 5.14. The molecule has 0 spiro atoms. The summed E-state index contributed by atoms with van der Waals surface area (Å²) in [6.45, 7) is 5.21. The van der Waals surface area contributed by atoms with Crippen LogP contribution in [0.4, 0.5) is 18.9 Å². The predicted molar refractivity (Wildman–Crippen MR) is 133 cm³/mol. The van der Waals surface area contributed by atoms with Crippen LogP contribution in [0.5, 0.6) is 5.75 Å². The quantitative estimate of drug-likeness (QED) is 0.334. The van der Waals surface area contributed by atoms with Crippen LogP contribution in [0.15, 0.2) is 54.6 Å². The Kier molecular flexibility index (Phi) is 7.61. The number of benzene rings is 2. The van der Waals surface area contributed by atoms with Crippen molar-refractivity contribution in [3.05, 3.63) is 65.9 Å². The van der Waals surface area contributed by atoms with Gasteiger partial charge in [-0.05, 0) is 57.2 Å². The van der Waals surface area contributed by atoms with Crippen molar-refractivity contribution >= 4 is 28.4 Å². The van der Waals surface area contributed by atoms with Crippen molar-refractivity contribution in [3.63, 3.8) is 0 Å². The summed E-state index contributed by atoms with van der Waals surface area (Å²) in [6, 6.07) is 15.1. The number of fused-ring (bicyclic) bond motifs is 1. The first-order valence-electron chi connectivity index (χ1n) is 12.0. The summed E-state index contributed by atoms with van der Waals surface area (Å²) in [5, 5.41) is 10.0. The molecule has 0 saturated carbocycles. The molecule has 2 amide bonds. The number of anilines is 1. The molecule has 8 nitrogen and oxygen atoms in total. The summed E-state index contributed by atoms with van der Waals surface area (Å²) >= 11 is 0. The number of nitrogens with zero attached hydrogens (tertiary/aromatic N) is 2. The summed E-state index contributed by atoms with van der Waals surface area (Å²) in [7, 11) is 0. The number of aryl methyl sites for hydroxylation is 1. The van der Waals surface area contributed by atoms with Crippen LogP contribution in [0, 0.1) is 6.92 Å². The zero-order valence-corrected chi connectivity index (χ0v) is 21.1. The molecule has 202 valence electrons. The van der Waals surface area contributed by atoms with Crippen molar-refractivity contribution in [3.8, 4) is 5.75 Å². The molecule has 2 heterocycles. The van der Waals surface area contributed by atoms with Gasteiger partial charge in [-0.25, -0.2) is 5.48 Å². The van der Waals surface area contributed by atoms with E-state index < -0.39 is 42.2 Å². The smallest absolute Gasteiger partial charge is 0.471 e. The molecule has 3 atom stereocenters. The molecule has 38 heavy (non-hydrogen) atoms. The number of alkyl halides is 3. The maximum absolute atomic E-state index is 13.8. The number of rotatable bonds is 7. The highest BCUT2D eigenvalue weighted by molar-refractivity contribution is 5.99. The van der Waals surface area contributed by atoms with E-state index in [9.17, 15) is 22.8 Å². The number of amides is 2. The van der Waals surface area contributed by atoms with Gasteiger partial charge in [-0.15, -0.1) is 0 Å². The minimum Gasteiger partial charge on any atom is -0.489 e. The molecule has 1 aliphatic rings. The lowest BCUT2D eigenvalue weighted by Crippen LogP contribution is -2.61. The maximum atomic E-state index is 13.8. The van der Waals surface area contributed by atoms with Crippen LogP contribution in [0.1, 0.15) is 37.9 Å². The number of pyridine rings is 1. The third-order valence-corrected chi connectivity index (χ3v) is 6.74. The van der Waals surface area contributed by atoms with Crippen molar-refractivity contribution in [2.24, 2.45) is 0 Å². The Morgan fingerprint density at radius 1 is 1.18 bits per heavy atom. The first-order valence-corrected chi connectivity index (χ1v) is 12.0. The molecule has 4 rings (SSSR count). The Bertz CT molecular complexity index is 1330. The molecule has 0 radical (unpaired) electrons. The average Bonchev–Trinajstić information content (AvgIpc) is 3.15. The normalized spacial score (nSPS) is 21.3. The molecule has 3 aromatic rings. The van der Waals surface area contributed by atoms with Gasteiger partial charge in [0.15, 0.2) is 0 Å². The lowest BCUT2D eigenvalue weighted by molar-refractivity contribution is -0.172. The third-order valence-electron chi connectivity index (χ3n) is 6.74. The number of ether oxygens (including phenoxy) is 2. The number of hydrogen-bond acceptors (Lipinski definition) is 6. The molecule has 2 N–H and O–H groups in total. The van der Waals surface area contributed by atoms with E-state index in [-0.39, 0.29) is 18.7 Å². The van der Waals surface area contributed by atoms with Crippen LogP contribution in [-0.2, 0) is 20.9 Å². The van der Waals surface area contributed by atoms with Crippen LogP contribution in [0.2, 0.25) is 0 Å². The highest BCUT2D eigenvalue weighted by Gasteiger charge is 2.57. The SMILES string of the molecule is Cc1cc(COc2ccc(N(C(=O)C(F)(F)F)C3(CC(=O)NO)CC(C)OC3C)cc2)c2ccccc2n1. The highest BCUT2D eigenvalue weighted by Crippen LogP contribution is 2.43. The maximum Gasteiger partial charge on any atom is 0.471 e. The van der Waals surface area contributed by atoms with Crippen molar-refractivity contribution < 1.29 is 37.4 Å². The van der Waals surface area contributed by atoms with Gasteiger partial charge in [-0.2, -0.15) is 13.2 Å². The number of carbonyl (C=O) groups excluding carboxylic acids is 2. The predicted octanol–water partition coefficient (Wildman–Crippen LogP) is 4.85. The molecule has 1 saturated heterocycles. The van der Waals surface area contributed by atoms with Gasteiger partial charge in [-0.3, -0.25) is 24.7 Å².